The van der Waals surface area contributed by atoms with Crippen molar-refractivity contribution < 1.29 is 4.52 Å². The molecule has 0 fully saturated rings. The molecular weight excluding hydrogens is 384 g/mol. The van der Waals surface area contributed by atoms with Gasteiger partial charge in [0.15, 0.2) is 0 Å². The Bertz CT molecular complexity index is 1280. The number of thiophene rings is 1. The van der Waals surface area contributed by atoms with E-state index in [4.69, 9.17) is 4.52 Å². The van der Waals surface area contributed by atoms with E-state index in [1.165, 1.54) is 5.56 Å². The molecule has 29 heavy (non-hydrogen) atoms. The summed E-state index contributed by atoms with van der Waals surface area (Å²) in [5.41, 5.74) is 4.99. The third kappa shape index (κ3) is 3.45. The van der Waals surface area contributed by atoms with Crippen LogP contribution in [0.1, 0.15) is 11.1 Å². The van der Waals surface area contributed by atoms with Crippen molar-refractivity contribution in [1.82, 2.24) is 25.1 Å². The number of aromatic nitrogens is 5. The maximum absolute atomic E-state index is 5.46. The van der Waals surface area contributed by atoms with Crippen LogP contribution >= 0.6 is 11.3 Å². The standard InChI is InChI=1S/C21H16N6OS/c1-13-11-29-18-17(13)24-12-25-20(18)23-10-14-3-2-4-16(9-14)21-26-19(27-28-21)15-5-7-22-8-6-15/h2-9,11-12H,10H2,1H3,(H,23,24,25). The molecule has 4 heterocycles. The Labute approximate surface area is 170 Å². The zero-order valence-electron chi connectivity index (χ0n) is 15.5. The highest BCUT2D eigenvalue weighted by molar-refractivity contribution is 7.18. The minimum Gasteiger partial charge on any atom is -0.365 e. The second-order valence-corrected chi connectivity index (χ2v) is 7.41. The molecule has 0 atom stereocenters. The highest BCUT2D eigenvalue weighted by Crippen LogP contribution is 2.29. The first-order valence-electron chi connectivity index (χ1n) is 9.04. The second kappa shape index (κ2) is 7.40. The Kier molecular flexibility index (Phi) is 4.45. The van der Waals surface area contributed by atoms with E-state index in [1.807, 2.05) is 30.3 Å². The van der Waals surface area contributed by atoms with Gasteiger partial charge in [-0.2, -0.15) is 4.98 Å². The van der Waals surface area contributed by atoms with Crippen LogP contribution in [0.4, 0.5) is 5.82 Å². The Balaban J connectivity index is 1.37. The van der Waals surface area contributed by atoms with Gasteiger partial charge in [-0.3, -0.25) is 4.98 Å². The van der Waals surface area contributed by atoms with Gasteiger partial charge in [-0.05, 0) is 47.7 Å². The zero-order valence-corrected chi connectivity index (χ0v) is 16.3. The maximum Gasteiger partial charge on any atom is 0.258 e. The van der Waals surface area contributed by atoms with Gasteiger partial charge in [-0.25, -0.2) is 9.97 Å². The summed E-state index contributed by atoms with van der Waals surface area (Å²) < 4.78 is 6.53. The van der Waals surface area contributed by atoms with Gasteiger partial charge in [0.05, 0.1) is 10.2 Å². The van der Waals surface area contributed by atoms with Gasteiger partial charge in [0.2, 0.25) is 5.82 Å². The van der Waals surface area contributed by atoms with Crippen LogP contribution in [0.25, 0.3) is 33.1 Å². The molecule has 0 aliphatic heterocycles. The molecule has 0 aliphatic carbocycles. The molecule has 0 bridgehead atoms. The van der Waals surface area contributed by atoms with Crippen molar-refractivity contribution in [2.24, 2.45) is 0 Å². The Morgan fingerprint density at radius 1 is 1.07 bits per heavy atom. The van der Waals surface area contributed by atoms with Crippen LogP contribution in [0.3, 0.4) is 0 Å². The van der Waals surface area contributed by atoms with Gasteiger partial charge in [-0.15, -0.1) is 11.3 Å². The van der Waals surface area contributed by atoms with Crippen LogP contribution in [0.5, 0.6) is 0 Å². The minimum atomic E-state index is 0.483. The lowest BCUT2D eigenvalue weighted by Crippen LogP contribution is -2.02. The fourth-order valence-electron chi connectivity index (χ4n) is 3.05. The lowest BCUT2D eigenvalue weighted by atomic mass is 10.1. The molecule has 8 heteroatoms. The van der Waals surface area contributed by atoms with Crippen molar-refractivity contribution in [3.63, 3.8) is 0 Å². The molecule has 0 aliphatic rings. The van der Waals surface area contributed by atoms with E-state index in [-0.39, 0.29) is 0 Å². The van der Waals surface area contributed by atoms with Gasteiger partial charge in [0.1, 0.15) is 12.1 Å². The molecule has 142 valence electrons. The summed E-state index contributed by atoms with van der Waals surface area (Å²) in [5, 5.41) is 9.59. The fraction of sp³-hybridized carbons (Fsp3) is 0.0952. The summed E-state index contributed by atoms with van der Waals surface area (Å²) in [4.78, 5) is 17.3. The zero-order chi connectivity index (χ0) is 19.6. The summed E-state index contributed by atoms with van der Waals surface area (Å²) in [5.74, 6) is 1.87. The Morgan fingerprint density at radius 2 is 1.97 bits per heavy atom. The first-order chi connectivity index (χ1) is 14.3. The summed E-state index contributed by atoms with van der Waals surface area (Å²) in [6.45, 7) is 2.69. The van der Waals surface area contributed by atoms with E-state index >= 15 is 0 Å². The number of benzene rings is 1. The van der Waals surface area contributed by atoms with Crippen molar-refractivity contribution in [2.75, 3.05) is 5.32 Å². The number of nitrogens with zero attached hydrogens (tertiary/aromatic N) is 5. The molecule has 1 aromatic carbocycles. The monoisotopic (exact) mass is 400 g/mol. The SMILES string of the molecule is Cc1csc2c(NCc3cccc(-c4nc(-c5ccncc5)no4)c3)ncnc12. The second-order valence-electron chi connectivity index (χ2n) is 6.53. The molecule has 0 unspecified atom stereocenters. The quantitative estimate of drug-likeness (QED) is 0.456. The van der Waals surface area contributed by atoms with E-state index in [1.54, 1.807) is 30.1 Å². The normalized spacial score (nSPS) is 11.1. The van der Waals surface area contributed by atoms with Crippen molar-refractivity contribution >= 4 is 27.4 Å². The lowest BCUT2D eigenvalue weighted by molar-refractivity contribution is 0.432. The van der Waals surface area contributed by atoms with Crippen molar-refractivity contribution in [1.29, 1.82) is 0 Å². The average molecular weight is 400 g/mol. The van der Waals surface area contributed by atoms with E-state index in [9.17, 15) is 0 Å². The number of nitrogens with one attached hydrogen (secondary N) is 1. The molecule has 1 N–H and O–H groups in total. The third-order valence-electron chi connectivity index (χ3n) is 4.53. The number of aryl methyl sites for hydroxylation is 1. The molecule has 7 nitrogen and oxygen atoms in total. The molecular formula is C21H16N6OS. The van der Waals surface area contributed by atoms with Crippen LogP contribution in [-0.4, -0.2) is 25.1 Å². The van der Waals surface area contributed by atoms with Crippen LogP contribution in [-0.2, 0) is 6.54 Å². The summed E-state index contributed by atoms with van der Waals surface area (Å²) in [6, 6.07) is 11.7. The highest BCUT2D eigenvalue weighted by atomic mass is 32.1. The number of pyridine rings is 1. The van der Waals surface area contributed by atoms with E-state index in [0.29, 0.717) is 18.3 Å². The first-order valence-corrected chi connectivity index (χ1v) is 9.92. The van der Waals surface area contributed by atoms with Gasteiger partial charge in [0.25, 0.3) is 5.89 Å². The number of rotatable bonds is 5. The smallest absolute Gasteiger partial charge is 0.258 e. The van der Waals surface area contributed by atoms with Gasteiger partial charge >= 0.3 is 0 Å². The van der Waals surface area contributed by atoms with Gasteiger partial charge in [0, 0.05) is 30.1 Å². The van der Waals surface area contributed by atoms with E-state index in [0.717, 1.165) is 32.7 Å². The molecule has 0 spiro atoms. The molecule has 0 amide bonds. The van der Waals surface area contributed by atoms with Gasteiger partial charge < -0.3 is 9.84 Å². The average Bonchev–Trinajstić information content (AvgIpc) is 3.41. The number of fused-ring (bicyclic) bond motifs is 1. The van der Waals surface area contributed by atoms with E-state index < -0.39 is 0 Å². The maximum atomic E-state index is 5.46. The van der Waals surface area contributed by atoms with Gasteiger partial charge in [-0.1, -0.05) is 17.3 Å². The van der Waals surface area contributed by atoms with Crippen molar-refractivity contribution in [3.05, 3.63) is 71.6 Å². The molecule has 4 aromatic heterocycles. The highest BCUT2D eigenvalue weighted by Gasteiger charge is 2.12. The number of hydrogen-bond donors (Lipinski definition) is 1. The predicted molar refractivity (Wildman–Crippen MR) is 112 cm³/mol. The summed E-state index contributed by atoms with van der Waals surface area (Å²) in [7, 11) is 0. The Hall–Kier alpha value is -3.65. The first kappa shape index (κ1) is 17.4. The van der Waals surface area contributed by atoms with E-state index in [2.05, 4.69) is 48.8 Å². The number of anilines is 1. The lowest BCUT2D eigenvalue weighted by Gasteiger charge is -2.07. The summed E-state index contributed by atoms with van der Waals surface area (Å²) >= 11 is 1.65. The molecule has 0 radical (unpaired) electrons. The van der Waals surface area contributed by atoms with Crippen molar-refractivity contribution in [2.45, 2.75) is 13.5 Å². The van der Waals surface area contributed by atoms with Crippen LogP contribution in [0.15, 0.2) is 65.0 Å². The minimum absolute atomic E-state index is 0.483. The molecule has 0 saturated carbocycles. The third-order valence-corrected chi connectivity index (χ3v) is 5.62. The topological polar surface area (TPSA) is 89.6 Å². The van der Waals surface area contributed by atoms with Crippen LogP contribution in [0, 0.1) is 6.92 Å². The predicted octanol–water partition coefficient (Wildman–Crippen LogP) is 4.72. The number of hydrogen-bond acceptors (Lipinski definition) is 8. The summed E-state index contributed by atoms with van der Waals surface area (Å²) in [6.07, 6.45) is 5.01. The molecule has 0 saturated heterocycles. The molecule has 5 rings (SSSR count). The van der Waals surface area contributed by atoms with Crippen LogP contribution in [0.2, 0.25) is 0 Å². The largest absolute Gasteiger partial charge is 0.365 e. The molecule has 5 aromatic rings. The van der Waals surface area contributed by atoms with Crippen molar-refractivity contribution in [3.8, 4) is 22.8 Å². The Morgan fingerprint density at radius 3 is 2.86 bits per heavy atom. The van der Waals surface area contributed by atoms with Crippen LogP contribution < -0.4 is 5.32 Å². The fourth-order valence-corrected chi connectivity index (χ4v) is 4.02.